The molecule has 2 rings (SSSR count). The molecular formula is C13H18N6. The molecule has 0 aliphatic rings. The monoisotopic (exact) mass is 258 g/mol. The van der Waals surface area contributed by atoms with Crippen molar-refractivity contribution in [3.8, 4) is 0 Å². The van der Waals surface area contributed by atoms with E-state index in [0.717, 1.165) is 17.2 Å². The molecule has 6 nitrogen and oxygen atoms in total. The molecule has 0 saturated carbocycles. The van der Waals surface area contributed by atoms with E-state index in [9.17, 15) is 0 Å². The van der Waals surface area contributed by atoms with Crippen LogP contribution in [-0.2, 0) is 20.1 Å². The Kier molecular flexibility index (Phi) is 4.49. The van der Waals surface area contributed by atoms with Crippen LogP contribution in [0.25, 0.3) is 0 Å². The molecule has 0 aliphatic carbocycles. The quantitative estimate of drug-likeness (QED) is 0.625. The highest BCUT2D eigenvalue weighted by Crippen LogP contribution is 1.95. The molecule has 0 unspecified atom stereocenters. The van der Waals surface area contributed by atoms with E-state index in [0.29, 0.717) is 13.1 Å². The normalized spacial score (nSPS) is 11.4. The Morgan fingerprint density at radius 3 is 2.79 bits per heavy atom. The zero-order chi connectivity index (χ0) is 13.5. The van der Waals surface area contributed by atoms with Crippen LogP contribution < -0.4 is 10.6 Å². The van der Waals surface area contributed by atoms with Gasteiger partial charge in [0.15, 0.2) is 5.96 Å². The molecule has 2 N–H and O–H groups in total. The van der Waals surface area contributed by atoms with Gasteiger partial charge in [-0.05, 0) is 12.1 Å². The van der Waals surface area contributed by atoms with Crippen molar-refractivity contribution in [2.24, 2.45) is 12.0 Å². The number of aliphatic imine (C=N–C) groups is 1. The van der Waals surface area contributed by atoms with Crippen LogP contribution in [0, 0.1) is 0 Å². The summed E-state index contributed by atoms with van der Waals surface area (Å²) in [5.74, 6) is 0.745. The fraction of sp³-hybridized carbons (Fsp3) is 0.308. The van der Waals surface area contributed by atoms with Crippen molar-refractivity contribution in [1.82, 2.24) is 25.4 Å². The van der Waals surface area contributed by atoms with Gasteiger partial charge in [-0.2, -0.15) is 5.10 Å². The molecule has 0 aromatic carbocycles. The third kappa shape index (κ3) is 4.09. The standard InChI is InChI=1S/C13H18N6/c1-14-13(16-7-11-8-18-19(2)10-11)17-9-12-5-3-4-6-15-12/h3-6,8,10H,7,9H2,1-2H3,(H2,14,16,17). The van der Waals surface area contributed by atoms with E-state index in [4.69, 9.17) is 0 Å². The summed E-state index contributed by atoms with van der Waals surface area (Å²) in [6.07, 6.45) is 5.58. The van der Waals surface area contributed by atoms with Crippen LogP contribution in [0.1, 0.15) is 11.3 Å². The fourth-order valence-corrected chi connectivity index (χ4v) is 1.65. The van der Waals surface area contributed by atoms with E-state index in [2.05, 4.69) is 25.7 Å². The number of hydrogen-bond acceptors (Lipinski definition) is 3. The lowest BCUT2D eigenvalue weighted by Gasteiger charge is -2.10. The molecule has 0 atom stereocenters. The molecule has 0 bridgehead atoms. The summed E-state index contributed by atoms with van der Waals surface area (Å²) in [5, 5.41) is 10.6. The van der Waals surface area contributed by atoms with Gasteiger partial charge in [-0.15, -0.1) is 0 Å². The van der Waals surface area contributed by atoms with E-state index in [1.54, 1.807) is 17.9 Å². The smallest absolute Gasteiger partial charge is 0.191 e. The van der Waals surface area contributed by atoms with E-state index in [1.165, 1.54) is 0 Å². The van der Waals surface area contributed by atoms with Crippen molar-refractivity contribution < 1.29 is 0 Å². The molecule has 0 fully saturated rings. The van der Waals surface area contributed by atoms with Crippen LogP contribution in [0.15, 0.2) is 41.8 Å². The van der Waals surface area contributed by atoms with Crippen molar-refractivity contribution >= 4 is 5.96 Å². The molecule has 2 aromatic rings. The predicted octanol–water partition coefficient (Wildman–Crippen LogP) is 0.680. The van der Waals surface area contributed by atoms with E-state index >= 15 is 0 Å². The predicted molar refractivity (Wildman–Crippen MR) is 74.5 cm³/mol. The van der Waals surface area contributed by atoms with Crippen LogP contribution >= 0.6 is 0 Å². The molecule has 2 aromatic heterocycles. The topological polar surface area (TPSA) is 67.1 Å². The highest BCUT2D eigenvalue weighted by Gasteiger charge is 2.00. The van der Waals surface area contributed by atoms with Gasteiger partial charge in [0.2, 0.25) is 0 Å². The summed E-state index contributed by atoms with van der Waals surface area (Å²) in [4.78, 5) is 8.41. The van der Waals surface area contributed by atoms with Gasteiger partial charge in [-0.3, -0.25) is 14.7 Å². The summed E-state index contributed by atoms with van der Waals surface area (Å²) in [7, 11) is 3.65. The summed E-state index contributed by atoms with van der Waals surface area (Å²) < 4.78 is 1.78. The minimum Gasteiger partial charge on any atom is -0.352 e. The number of aryl methyl sites for hydroxylation is 1. The molecule has 19 heavy (non-hydrogen) atoms. The van der Waals surface area contributed by atoms with Crippen LogP contribution in [0.2, 0.25) is 0 Å². The van der Waals surface area contributed by atoms with Crippen molar-refractivity contribution in [3.63, 3.8) is 0 Å². The zero-order valence-electron chi connectivity index (χ0n) is 11.2. The lowest BCUT2D eigenvalue weighted by atomic mass is 10.3. The molecule has 0 saturated heterocycles. The number of pyridine rings is 1. The van der Waals surface area contributed by atoms with E-state index < -0.39 is 0 Å². The second-order valence-electron chi connectivity index (χ2n) is 4.12. The van der Waals surface area contributed by atoms with Crippen molar-refractivity contribution in [2.45, 2.75) is 13.1 Å². The molecule has 0 spiro atoms. The van der Waals surface area contributed by atoms with Crippen molar-refractivity contribution in [3.05, 3.63) is 48.0 Å². The first-order chi connectivity index (χ1) is 9.28. The van der Waals surface area contributed by atoms with Gasteiger partial charge in [-0.25, -0.2) is 0 Å². The van der Waals surface area contributed by atoms with E-state index in [1.807, 2.05) is 37.6 Å². The highest BCUT2D eigenvalue weighted by molar-refractivity contribution is 5.79. The molecule has 100 valence electrons. The number of rotatable bonds is 4. The highest BCUT2D eigenvalue weighted by atomic mass is 15.2. The number of nitrogens with one attached hydrogen (secondary N) is 2. The van der Waals surface area contributed by atoms with Gasteiger partial charge in [0.25, 0.3) is 0 Å². The Morgan fingerprint density at radius 1 is 1.32 bits per heavy atom. The van der Waals surface area contributed by atoms with Gasteiger partial charge in [-0.1, -0.05) is 6.07 Å². The molecule has 0 amide bonds. The largest absolute Gasteiger partial charge is 0.352 e. The minimum atomic E-state index is 0.646. The second-order valence-corrected chi connectivity index (χ2v) is 4.12. The lowest BCUT2D eigenvalue weighted by Crippen LogP contribution is -2.36. The Labute approximate surface area is 112 Å². The summed E-state index contributed by atoms with van der Waals surface area (Å²) in [6, 6.07) is 5.84. The first-order valence-corrected chi connectivity index (χ1v) is 6.10. The van der Waals surface area contributed by atoms with Crippen LogP contribution in [-0.4, -0.2) is 27.8 Å². The Balaban J connectivity index is 1.81. The Hall–Kier alpha value is -2.37. The van der Waals surface area contributed by atoms with Gasteiger partial charge >= 0.3 is 0 Å². The number of aromatic nitrogens is 3. The van der Waals surface area contributed by atoms with Crippen LogP contribution in [0.3, 0.4) is 0 Å². The molecule has 2 heterocycles. The van der Waals surface area contributed by atoms with E-state index in [-0.39, 0.29) is 0 Å². The van der Waals surface area contributed by atoms with Gasteiger partial charge in [0.05, 0.1) is 18.4 Å². The minimum absolute atomic E-state index is 0.646. The molecule has 0 aliphatic heterocycles. The maximum atomic E-state index is 4.25. The molecular weight excluding hydrogens is 240 g/mol. The molecule has 6 heteroatoms. The third-order valence-corrected chi connectivity index (χ3v) is 2.61. The lowest BCUT2D eigenvalue weighted by molar-refractivity contribution is 0.764. The second kappa shape index (κ2) is 6.53. The summed E-state index contributed by atoms with van der Waals surface area (Å²) >= 11 is 0. The van der Waals surface area contributed by atoms with Gasteiger partial charge in [0, 0.05) is 38.6 Å². The van der Waals surface area contributed by atoms with Gasteiger partial charge in [0.1, 0.15) is 0 Å². The SMILES string of the molecule is CN=C(NCc1cnn(C)c1)NCc1ccccn1. The fourth-order valence-electron chi connectivity index (χ4n) is 1.65. The first-order valence-electron chi connectivity index (χ1n) is 6.10. The third-order valence-electron chi connectivity index (χ3n) is 2.61. The average Bonchev–Trinajstić information content (AvgIpc) is 2.86. The number of guanidine groups is 1. The van der Waals surface area contributed by atoms with Crippen molar-refractivity contribution in [2.75, 3.05) is 7.05 Å². The zero-order valence-corrected chi connectivity index (χ0v) is 11.2. The maximum absolute atomic E-state index is 4.25. The van der Waals surface area contributed by atoms with Crippen LogP contribution in [0.5, 0.6) is 0 Å². The molecule has 0 radical (unpaired) electrons. The summed E-state index contributed by atoms with van der Waals surface area (Å²) in [5.41, 5.74) is 2.09. The average molecular weight is 258 g/mol. The van der Waals surface area contributed by atoms with Crippen molar-refractivity contribution in [1.29, 1.82) is 0 Å². The van der Waals surface area contributed by atoms with Gasteiger partial charge < -0.3 is 10.6 Å². The first kappa shape index (κ1) is 13.1. The number of nitrogens with zero attached hydrogens (tertiary/aromatic N) is 4. The maximum Gasteiger partial charge on any atom is 0.191 e. The number of hydrogen-bond donors (Lipinski definition) is 2. The Morgan fingerprint density at radius 2 is 2.16 bits per heavy atom. The Bertz CT molecular complexity index is 531. The summed E-state index contributed by atoms with van der Waals surface area (Å²) in [6.45, 7) is 1.34. The van der Waals surface area contributed by atoms with Crippen LogP contribution in [0.4, 0.5) is 0 Å².